The van der Waals surface area contributed by atoms with Crippen LogP contribution < -0.4 is 21.7 Å². The lowest BCUT2D eigenvalue weighted by atomic mass is 10.2. The predicted molar refractivity (Wildman–Crippen MR) is 125 cm³/mol. The Bertz CT molecular complexity index is 1180. The van der Waals surface area contributed by atoms with E-state index >= 15 is 0 Å². The van der Waals surface area contributed by atoms with Gasteiger partial charge in [-0.3, -0.25) is 9.00 Å². The SMILES string of the molecule is C=CC(=O)Nc1cccc(Nc2nc(Nc3ccc(N)c(C=N)c3)ncc2S(C)=O)c1. The Morgan fingerprint density at radius 2 is 1.90 bits per heavy atom. The summed E-state index contributed by atoms with van der Waals surface area (Å²) in [6.45, 7) is 3.43. The van der Waals surface area contributed by atoms with Gasteiger partial charge in [-0.25, -0.2) is 4.98 Å². The number of aromatic nitrogens is 2. The Morgan fingerprint density at radius 3 is 2.61 bits per heavy atom. The number of carbonyl (C=O) groups is 1. The molecule has 3 rings (SSSR count). The summed E-state index contributed by atoms with van der Waals surface area (Å²) < 4.78 is 12.2. The molecule has 0 aliphatic heterocycles. The van der Waals surface area contributed by atoms with Gasteiger partial charge in [0.25, 0.3) is 0 Å². The molecule has 158 valence electrons. The fourth-order valence-corrected chi connectivity index (χ4v) is 3.21. The first-order valence-electron chi connectivity index (χ1n) is 9.07. The first kappa shape index (κ1) is 21.7. The van der Waals surface area contributed by atoms with Crippen molar-refractivity contribution in [2.75, 3.05) is 27.9 Å². The second-order valence-corrected chi connectivity index (χ2v) is 7.72. The van der Waals surface area contributed by atoms with E-state index in [1.807, 2.05) is 0 Å². The minimum absolute atomic E-state index is 0.272. The quantitative estimate of drug-likeness (QED) is 0.207. The molecule has 31 heavy (non-hydrogen) atoms. The summed E-state index contributed by atoms with van der Waals surface area (Å²) in [5.41, 5.74) is 8.73. The Hall–Kier alpha value is -4.05. The van der Waals surface area contributed by atoms with E-state index in [0.29, 0.717) is 39.0 Å². The molecule has 0 radical (unpaired) electrons. The molecular weight excluding hydrogens is 414 g/mol. The lowest BCUT2D eigenvalue weighted by Crippen LogP contribution is -2.08. The van der Waals surface area contributed by atoms with Gasteiger partial charge in [-0.15, -0.1) is 0 Å². The molecule has 0 fully saturated rings. The maximum absolute atomic E-state index is 12.2. The number of benzene rings is 2. The molecule has 1 atom stereocenters. The van der Waals surface area contributed by atoms with Gasteiger partial charge in [-0.2, -0.15) is 4.98 Å². The van der Waals surface area contributed by atoms with Gasteiger partial charge in [0.15, 0.2) is 5.82 Å². The molecule has 1 unspecified atom stereocenters. The number of nitrogens with two attached hydrogens (primary N) is 1. The van der Waals surface area contributed by atoms with Crippen molar-refractivity contribution in [2.45, 2.75) is 4.90 Å². The molecule has 3 aromatic rings. The molecule has 2 aromatic carbocycles. The minimum Gasteiger partial charge on any atom is -0.398 e. The molecule has 6 N–H and O–H groups in total. The lowest BCUT2D eigenvalue weighted by Gasteiger charge is -2.13. The van der Waals surface area contributed by atoms with Gasteiger partial charge in [0, 0.05) is 40.8 Å². The van der Waals surface area contributed by atoms with Crippen LogP contribution in [0.2, 0.25) is 0 Å². The number of hydrogen-bond acceptors (Lipinski definition) is 8. The molecular formula is C21H21N7O2S. The molecule has 0 aliphatic carbocycles. The van der Waals surface area contributed by atoms with E-state index in [4.69, 9.17) is 11.1 Å². The van der Waals surface area contributed by atoms with Gasteiger partial charge in [0.2, 0.25) is 11.9 Å². The smallest absolute Gasteiger partial charge is 0.247 e. The molecule has 1 amide bonds. The van der Waals surface area contributed by atoms with Crippen LogP contribution in [0, 0.1) is 5.41 Å². The number of anilines is 6. The maximum Gasteiger partial charge on any atom is 0.247 e. The number of nitrogens with one attached hydrogen (secondary N) is 4. The summed E-state index contributed by atoms with van der Waals surface area (Å²) in [5.74, 6) is 0.301. The molecule has 1 aromatic heterocycles. The first-order chi connectivity index (χ1) is 14.9. The zero-order chi connectivity index (χ0) is 22.4. The van der Waals surface area contributed by atoms with Crippen molar-refractivity contribution in [3.05, 3.63) is 66.9 Å². The number of hydrogen-bond donors (Lipinski definition) is 5. The fourth-order valence-electron chi connectivity index (χ4n) is 2.64. The molecule has 0 aliphatic rings. The Labute approximate surface area is 181 Å². The van der Waals surface area contributed by atoms with Crippen LogP contribution in [0.1, 0.15) is 5.56 Å². The highest BCUT2D eigenvalue weighted by atomic mass is 32.2. The third kappa shape index (κ3) is 5.52. The second kappa shape index (κ2) is 9.63. The van der Waals surface area contributed by atoms with Crippen molar-refractivity contribution < 1.29 is 9.00 Å². The molecule has 10 heteroatoms. The highest BCUT2D eigenvalue weighted by Gasteiger charge is 2.12. The van der Waals surface area contributed by atoms with Crippen molar-refractivity contribution in [2.24, 2.45) is 0 Å². The normalized spacial score (nSPS) is 11.3. The van der Waals surface area contributed by atoms with E-state index in [1.54, 1.807) is 42.5 Å². The Morgan fingerprint density at radius 1 is 1.16 bits per heavy atom. The van der Waals surface area contributed by atoms with Crippen LogP contribution in [0.5, 0.6) is 0 Å². The van der Waals surface area contributed by atoms with Gasteiger partial charge >= 0.3 is 0 Å². The van der Waals surface area contributed by atoms with Crippen LogP contribution in [0.15, 0.2) is 66.2 Å². The van der Waals surface area contributed by atoms with Crippen LogP contribution in [0.25, 0.3) is 0 Å². The average molecular weight is 436 g/mol. The summed E-state index contributed by atoms with van der Waals surface area (Å²) in [5, 5.41) is 16.3. The van der Waals surface area contributed by atoms with Crippen molar-refractivity contribution in [1.82, 2.24) is 9.97 Å². The number of rotatable bonds is 8. The summed E-state index contributed by atoms with van der Waals surface area (Å²) in [6, 6.07) is 12.1. The van der Waals surface area contributed by atoms with E-state index in [9.17, 15) is 9.00 Å². The minimum atomic E-state index is -1.34. The van der Waals surface area contributed by atoms with Gasteiger partial charge in [0.05, 0.1) is 21.9 Å². The highest BCUT2D eigenvalue weighted by Crippen LogP contribution is 2.25. The monoisotopic (exact) mass is 435 g/mol. The zero-order valence-electron chi connectivity index (χ0n) is 16.7. The third-order valence-corrected chi connectivity index (χ3v) is 5.06. The van der Waals surface area contributed by atoms with Gasteiger partial charge in [-0.1, -0.05) is 12.6 Å². The Balaban J connectivity index is 1.90. The average Bonchev–Trinajstić information content (AvgIpc) is 2.75. The molecule has 9 nitrogen and oxygen atoms in total. The van der Waals surface area contributed by atoms with Crippen LogP contribution in [0.4, 0.5) is 34.5 Å². The molecule has 0 saturated carbocycles. The lowest BCUT2D eigenvalue weighted by molar-refractivity contribution is -0.111. The van der Waals surface area contributed by atoms with E-state index < -0.39 is 10.8 Å². The summed E-state index contributed by atoms with van der Waals surface area (Å²) in [6.07, 6.45) is 5.36. The topological polar surface area (TPSA) is 146 Å². The van der Waals surface area contributed by atoms with Crippen LogP contribution in [-0.4, -0.2) is 32.6 Å². The number of nitrogens with zero attached hydrogens (tertiary/aromatic N) is 2. The summed E-state index contributed by atoms with van der Waals surface area (Å²) in [4.78, 5) is 20.6. The molecule has 1 heterocycles. The van der Waals surface area contributed by atoms with Gasteiger partial charge < -0.3 is 27.1 Å². The number of carbonyl (C=O) groups excluding carboxylic acids is 1. The number of amides is 1. The van der Waals surface area contributed by atoms with Crippen molar-refractivity contribution in [3.63, 3.8) is 0 Å². The van der Waals surface area contributed by atoms with Gasteiger partial charge in [0.1, 0.15) is 0 Å². The standard InChI is InChI=1S/C21H21N7O2S/c1-3-19(29)25-14-5-4-6-15(10-14)26-20-18(31(2)30)12-24-21(28-20)27-16-7-8-17(23)13(9-16)11-22/h3-12,22H,1,23H2,2H3,(H,25,29)(H2,24,26,27,28). The van der Waals surface area contributed by atoms with E-state index in [1.165, 1.54) is 18.5 Å². The third-order valence-electron chi connectivity index (χ3n) is 4.14. The summed E-state index contributed by atoms with van der Waals surface area (Å²) in [7, 11) is -1.34. The van der Waals surface area contributed by atoms with Gasteiger partial charge in [-0.05, 0) is 42.5 Å². The Kier molecular flexibility index (Phi) is 6.73. The maximum atomic E-state index is 12.2. The van der Waals surface area contributed by atoms with E-state index in [-0.39, 0.29) is 11.9 Å². The fraction of sp³-hybridized carbons (Fsp3) is 0.0476. The van der Waals surface area contributed by atoms with Crippen molar-refractivity contribution in [1.29, 1.82) is 5.41 Å². The highest BCUT2D eigenvalue weighted by molar-refractivity contribution is 7.84. The molecule has 0 saturated heterocycles. The second-order valence-electron chi connectivity index (χ2n) is 6.37. The zero-order valence-corrected chi connectivity index (χ0v) is 17.5. The summed E-state index contributed by atoms with van der Waals surface area (Å²) >= 11 is 0. The van der Waals surface area contributed by atoms with Crippen molar-refractivity contribution in [3.8, 4) is 0 Å². The first-order valence-corrected chi connectivity index (χ1v) is 10.6. The van der Waals surface area contributed by atoms with Crippen LogP contribution in [0.3, 0.4) is 0 Å². The number of nitrogen functional groups attached to an aromatic ring is 1. The molecule has 0 spiro atoms. The van der Waals surface area contributed by atoms with E-state index in [2.05, 4.69) is 32.5 Å². The molecule has 0 bridgehead atoms. The van der Waals surface area contributed by atoms with Crippen LogP contribution >= 0.6 is 0 Å². The van der Waals surface area contributed by atoms with E-state index in [0.717, 1.165) is 6.21 Å². The largest absolute Gasteiger partial charge is 0.398 e. The van der Waals surface area contributed by atoms with Crippen molar-refractivity contribution >= 4 is 57.4 Å². The predicted octanol–water partition coefficient (Wildman–Crippen LogP) is 3.41. The van der Waals surface area contributed by atoms with Crippen LogP contribution in [-0.2, 0) is 15.6 Å².